The molecule has 2 aliphatic heterocycles. The van der Waals surface area contributed by atoms with Gasteiger partial charge in [0, 0.05) is 24.4 Å². The second-order valence-electron chi connectivity index (χ2n) is 6.32. The lowest BCUT2D eigenvalue weighted by atomic mass is 10.2. The first-order chi connectivity index (χ1) is 13.2. The summed E-state index contributed by atoms with van der Waals surface area (Å²) in [5.74, 6) is 1.80. The van der Waals surface area contributed by atoms with Gasteiger partial charge in [-0.15, -0.1) is 0 Å². The minimum Gasteiger partial charge on any atom is -0.454 e. The molecule has 0 radical (unpaired) electrons. The highest BCUT2D eigenvalue weighted by Gasteiger charge is 2.27. The van der Waals surface area contributed by atoms with Crippen LogP contribution in [0.4, 0.5) is 10.1 Å². The molecule has 5 rings (SSSR count). The first-order valence-corrected chi connectivity index (χ1v) is 8.79. The normalized spacial score (nSPS) is 18.2. The number of imidazole rings is 1. The van der Waals surface area contributed by atoms with Crippen LogP contribution < -0.4 is 14.4 Å². The van der Waals surface area contributed by atoms with Gasteiger partial charge in [-0.05, 0) is 24.3 Å². The van der Waals surface area contributed by atoms with E-state index in [4.69, 9.17) is 14.5 Å². The number of nitrogens with zero attached hydrogens (tertiary/aromatic N) is 4. The zero-order chi connectivity index (χ0) is 18.4. The van der Waals surface area contributed by atoms with E-state index >= 15 is 0 Å². The summed E-state index contributed by atoms with van der Waals surface area (Å²) in [5, 5.41) is 0. The number of rotatable bonds is 3. The Labute approximate surface area is 155 Å². The van der Waals surface area contributed by atoms with E-state index in [9.17, 15) is 4.39 Å². The summed E-state index contributed by atoms with van der Waals surface area (Å²) in [5.41, 5.74) is 2.61. The molecule has 2 aromatic carbocycles. The maximum atomic E-state index is 14.1. The summed E-state index contributed by atoms with van der Waals surface area (Å²) in [6.45, 7) is 2.24. The number of allylic oxidation sites excluding steroid dienone is 1. The van der Waals surface area contributed by atoms with Gasteiger partial charge in [0.15, 0.2) is 17.3 Å². The van der Waals surface area contributed by atoms with Gasteiger partial charge in [0.1, 0.15) is 5.82 Å². The number of hydrogen-bond donors (Lipinski definition) is 0. The number of halogens is 1. The fourth-order valence-corrected chi connectivity index (χ4v) is 3.49. The molecule has 3 heterocycles. The lowest BCUT2D eigenvalue weighted by molar-refractivity contribution is 0.174. The van der Waals surface area contributed by atoms with Crippen molar-refractivity contribution in [1.29, 1.82) is 0 Å². The van der Waals surface area contributed by atoms with Crippen molar-refractivity contribution in [3.63, 3.8) is 0 Å². The van der Waals surface area contributed by atoms with Gasteiger partial charge in [-0.3, -0.25) is 4.57 Å². The van der Waals surface area contributed by atoms with Gasteiger partial charge in [0.25, 0.3) is 0 Å². The molecule has 0 bridgehead atoms. The van der Waals surface area contributed by atoms with Crippen molar-refractivity contribution in [3.8, 4) is 11.5 Å². The predicted octanol–water partition coefficient (Wildman–Crippen LogP) is 4.19. The van der Waals surface area contributed by atoms with Crippen molar-refractivity contribution in [1.82, 2.24) is 9.55 Å². The van der Waals surface area contributed by atoms with E-state index < -0.39 is 12.1 Å². The van der Waals surface area contributed by atoms with Crippen LogP contribution in [0.25, 0.3) is 11.0 Å². The monoisotopic (exact) mass is 364 g/mol. The highest BCUT2D eigenvalue weighted by molar-refractivity contribution is 5.80. The fraction of sp³-hybridized carbons (Fsp3) is 0.200. The van der Waals surface area contributed by atoms with Crippen LogP contribution in [-0.4, -0.2) is 22.6 Å². The summed E-state index contributed by atoms with van der Waals surface area (Å²) in [6, 6.07) is 13.4. The summed E-state index contributed by atoms with van der Waals surface area (Å²) >= 11 is 0. The van der Waals surface area contributed by atoms with E-state index in [0.29, 0.717) is 11.5 Å². The minimum atomic E-state index is -0.479. The Bertz CT molecular complexity index is 1090. The topological polar surface area (TPSA) is 51.9 Å². The molecule has 0 aliphatic carbocycles. The Morgan fingerprint density at radius 3 is 2.89 bits per heavy atom. The van der Waals surface area contributed by atoms with Gasteiger partial charge < -0.3 is 14.4 Å². The van der Waals surface area contributed by atoms with Crippen LogP contribution in [0.3, 0.4) is 0 Å². The van der Waals surface area contributed by atoms with Crippen LogP contribution in [0.1, 0.15) is 19.0 Å². The largest absolute Gasteiger partial charge is 0.454 e. The average molecular weight is 364 g/mol. The molecule has 0 spiro atoms. The first kappa shape index (κ1) is 15.9. The molecule has 6 nitrogen and oxygen atoms in total. The number of anilines is 1. The Morgan fingerprint density at radius 2 is 2.00 bits per heavy atom. The molecular weight excluding hydrogens is 347 g/mol. The lowest BCUT2D eigenvalue weighted by Crippen LogP contribution is -2.30. The molecule has 2 aliphatic rings. The van der Waals surface area contributed by atoms with Crippen molar-refractivity contribution in [3.05, 3.63) is 60.3 Å². The van der Waals surface area contributed by atoms with Crippen molar-refractivity contribution in [2.45, 2.75) is 19.6 Å². The number of para-hydroxylation sites is 2. The maximum Gasteiger partial charge on any atom is 0.231 e. The van der Waals surface area contributed by atoms with Crippen LogP contribution >= 0.6 is 0 Å². The number of hydrogen-bond acceptors (Lipinski definition) is 5. The summed E-state index contributed by atoms with van der Waals surface area (Å²) < 4.78 is 27.0. The van der Waals surface area contributed by atoms with Crippen LogP contribution in [-0.2, 0) is 6.42 Å². The maximum absolute atomic E-state index is 14.1. The van der Waals surface area contributed by atoms with Gasteiger partial charge in [0.05, 0.1) is 17.2 Å². The lowest BCUT2D eigenvalue weighted by Gasteiger charge is -2.32. The number of aromatic nitrogens is 2. The second kappa shape index (κ2) is 6.12. The van der Waals surface area contributed by atoms with Gasteiger partial charge in [-0.1, -0.05) is 19.1 Å². The number of fused-ring (bicyclic) bond motifs is 2. The SMILES string of the molecule is CCc1nc2ccccc2n1C1N=CC(F)=CN1c1ccc2c(c1)OCO2. The van der Waals surface area contributed by atoms with Gasteiger partial charge in [0.2, 0.25) is 13.1 Å². The van der Waals surface area contributed by atoms with Gasteiger partial charge in [-0.2, -0.15) is 0 Å². The summed E-state index contributed by atoms with van der Waals surface area (Å²) in [4.78, 5) is 11.0. The third kappa shape index (κ3) is 2.54. The molecule has 0 saturated heterocycles. The molecule has 1 aromatic heterocycles. The third-order valence-electron chi connectivity index (χ3n) is 4.71. The highest BCUT2D eigenvalue weighted by Crippen LogP contribution is 2.39. The zero-order valence-electron chi connectivity index (χ0n) is 14.7. The molecule has 136 valence electrons. The first-order valence-electron chi connectivity index (χ1n) is 8.79. The van der Waals surface area contributed by atoms with Crippen molar-refractivity contribution in [2.24, 2.45) is 4.99 Å². The Balaban J connectivity index is 1.66. The van der Waals surface area contributed by atoms with Gasteiger partial charge >= 0.3 is 0 Å². The van der Waals surface area contributed by atoms with Crippen LogP contribution in [0.5, 0.6) is 11.5 Å². The molecule has 0 fully saturated rings. The molecule has 7 heteroatoms. The smallest absolute Gasteiger partial charge is 0.231 e. The highest BCUT2D eigenvalue weighted by atomic mass is 19.1. The van der Waals surface area contributed by atoms with Crippen LogP contribution in [0, 0.1) is 0 Å². The van der Waals surface area contributed by atoms with Crippen molar-refractivity contribution < 1.29 is 13.9 Å². The van der Waals surface area contributed by atoms with Crippen molar-refractivity contribution >= 4 is 22.9 Å². The summed E-state index contributed by atoms with van der Waals surface area (Å²) in [7, 11) is 0. The average Bonchev–Trinajstić information content (AvgIpc) is 3.31. The van der Waals surface area contributed by atoms with Gasteiger partial charge in [-0.25, -0.2) is 14.4 Å². The van der Waals surface area contributed by atoms with E-state index in [1.165, 1.54) is 12.4 Å². The number of ether oxygens (including phenoxy) is 2. The zero-order valence-corrected chi connectivity index (χ0v) is 14.7. The van der Waals surface area contributed by atoms with Crippen molar-refractivity contribution in [2.75, 3.05) is 11.7 Å². The molecular formula is C20H17FN4O2. The quantitative estimate of drug-likeness (QED) is 0.699. The summed E-state index contributed by atoms with van der Waals surface area (Å²) in [6.07, 6.45) is 2.96. The number of aryl methyl sites for hydroxylation is 1. The third-order valence-corrected chi connectivity index (χ3v) is 4.71. The Kier molecular flexibility index (Phi) is 3.60. The van der Waals surface area contributed by atoms with E-state index in [0.717, 1.165) is 29.0 Å². The van der Waals surface area contributed by atoms with E-state index in [1.54, 1.807) is 4.90 Å². The molecule has 27 heavy (non-hydrogen) atoms. The molecule has 1 unspecified atom stereocenters. The van der Waals surface area contributed by atoms with Crippen LogP contribution in [0.2, 0.25) is 0 Å². The molecule has 0 saturated carbocycles. The molecule has 3 aromatic rings. The predicted molar refractivity (Wildman–Crippen MR) is 101 cm³/mol. The standard InChI is InChI=1S/C20H17FN4O2/c1-2-19-23-15-5-3-4-6-16(15)25(19)20-22-10-13(21)11-24(20)14-7-8-17-18(9-14)27-12-26-17/h3-11,20H,2,12H2,1H3. The number of aliphatic imine (C=N–C) groups is 1. The molecule has 0 N–H and O–H groups in total. The number of benzene rings is 2. The van der Waals surface area contributed by atoms with E-state index in [-0.39, 0.29) is 6.79 Å². The Morgan fingerprint density at radius 1 is 1.15 bits per heavy atom. The Hall–Kier alpha value is -3.35. The molecule has 0 amide bonds. The second-order valence-corrected chi connectivity index (χ2v) is 6.32. The van der Waals surface area contributed by atoms with E-state index in [2.05, 4.69) is 4.99 Å². The van der Waals surface area contributed by atoms with Crippen LogP contribution in [0.15, 0.2) is 59.5 Å². The molecule has 1 atom stereocenters. The minimum absolute atomic E-state index is 0.191. The van der Waals surface area contributed by atoms with E-state index in [1.807, 2.05) is 54.0 Å². The fourth-order valence-electron chi connectivity index (χ4n) is 3.49.